The maximum atomic E-state index is 12.8. The minimum atomic E-state index is -2.74. The van der Waals surface area contributed by atoms with Crippen LogP contribution in [-0.2, 0) is 0 Å². The van der Waals surface area contributed by atoms with Gasteiger partial charge in [0.2, 0.25) is 0 Å². The first-order valence-corrected chi connectivity index (χ1v) is 5.57. The zero-order valence-corrected chi connectivity index (χ0v) is 9.95. The molecule has 1 rings (SSSR count). The van der Waals surface area contributed by atoms with E-state index in [0.29, 0.717) is 13.1 Å². The number of non-ortho nitro benzene ring substituents is 1. The van der Waals surface area contributed by atoms with Crippen LogP contribution in [0.4, 0.5) is 20.2 Å². The van der Waals surface area contributed by atoms with Gasteiger partial charge in [0.05, 0.1) is 4.92 Å². The van der Waals surface area contributed by atoms with Crippen molar-refractivity contribution >= 4 is 11.4 Å². The Morgan fingerprint density at radius 1 is 1.39 bits per heavy atom. The van der Waals surface area contributed by atoms with Crippen LogP contribution in [0.5, 0.6) is 0 Å². The second-order valence-corrected chi connectivity index (χ2v) is 3.61. The van der Waals surface area contributed by atoms with Crippen LogP contribution in [0.3, 0.4) is 0 Å². The molecule has 0 amide bonds. The predicted octanol–water partition coefficient (Wildman–Crippen LogP) is 2.55. The first-order valence-electron chi connectivity index (χ1n) is 5.57. The first-order chi connectivity index (χ1) is 8.56. The van der Waals surface area contributed by atoms with Crippen LogP contribution in [0.1, 0.15) is 18.9 Å². The summed E-state index contributed by atoms with van der Waals surface area (Å²) in [5.74, 6) is 0. The number of likely N-dealkylation sites (N-methyl/N-ethyl adjacent to an activating group) is 1. The van der Waals surface area contributed by atoms with Crippen LogP contribution >= 0.6 is 0 Å². The Morgan fingerprint density at radius 3 is 2.67 bits per heavy atom. The third-order valence-corrected chi connectivity index (χ3v) is 2.35. The lowest BCUT2D eigenvalue weighted by atomic mass is 10.1. The number of nitro groups is 1. The van der Waals surface area contributed by atoms with E-state index in [2.05, 4.69) is 10.6 Å². The minimum absolute atomic E-state index is 0.230. The number of hydrogen-bond acceptors (Lipinski definition) is 4. The van der Waals surface area contributed by atoms with E-state index >= 15 is 0 Å². The second-order valence-electron chi connectivity index (χ2n) is 3.61. The molecule has 7 heteroatoms. The summed E-state index contributed by atoms with van der Waals surface area (Å²) in [6.45, 7) is 3.85. The van der Waals surface area contributed by atoms with Gasteiger partial charge in [0, 0.05) is 36.5 Å². The average molecular weight is 259 g/mol. The van der Waals surface area contributed by atoms with Crippen molar-refractivity contribution in [3.63, 3.8) is 0 Å². The zero-order chi connectivity index (χ0) is 13.5. The molecule has 1 aromatic rings. The molecule has 0 saturated heterocycles. The normalized spacial score (nSPS) is 10.7. The van der Waals surface area contributed by atoms with Crippen molar-refractivity contribution < 1.29 is 13.7 Å². The largest absolute Gasteiger partial charge is 0.383 e. The summed E-state index contributed by atoms with van der Waals surface area (Å²) in [7, 11) is 0. The fourth-order valence-corrected chi connectivity index (χ4v) is 1.47. The molecule has 0 aliphatic heterocycles. The highest BCUT2D eigenvalue weighted by atomic mass is 19.3. The van der Waals surface area contributed by atoms with Gasteiger partial charge in [-0.2, -0.15) is 0 Å². The van der Waals surface area contributed by atoms with Crippen LogP contribution < -0.4 is 10.6 Å². The van der Waals surface area contributed by atoms with Crippen molar-refractivity contribution in [2.75, 3.05) is 25.0 Å². The van der Waals surface area contributed by atoms with E-state index in [1.165, 1.54) is 12.1 Å². The topological polar surface area (TPSA) is 67.2 Å². The fraction of sp³-hybridized carbons (Fsp3) is 0.455. The Hall–Kier alpha value is -1.76. The number of alkyl halides is 2. The van der Waals surface area contributed by atoms with E-state index in [1.54, 1.807) is 0 Å². The van der Waals surface area contributed by atoms with E-state index < -0.39 is 11.3 Å². The number of anilines is 1. The molecule has 1 aromatic carbocycles. The summed E-state index contributed by atoms with van der Waals surface area (Å²) in [6, 6.07) is 3.42. The van der Waals surface area contributed by atoms with Gasteiger partial charge < -0.3 is 10.6 Å². The van der Waals surface area contributed by atoms with Gasteiger partial charge in [-0.05, 0) is 12.6 Å². The molecule has 0 fully saturated rings. The third kappa shape index (κ3) is 3.92. The molecule has 0 aliphatic rings. The number of benzene rings is 1. The molecule has 0 unspecified atom stereocenters. The number of nitrogens with one attached hydrogen (secondary N) is 2. The van der Waals surface area contributed by atoms with E-state index in [-0.39, 0.29) is 16.9 Å². The van der Waals surface area contributed by atoms with E-state index in [4.69, 9.17) is 0 Å². The smallest absolute Gasteiger partial charge is 0.270 e. The van der Waals surface area contributed by atoms with Gasteiger partial charge in [0.25, 0.3) is 12.1 Å². The maximum Gasteiger partial charge on any atom is 0.270 e. The molecule has 18 heavy (non-hydrogen) atoms. The summed E-state index contributed by atoms with van der Waals surface area (Å²) < 4.78 is 25.5. The van der Waals surface area contributed by atoms with Crippen LogP contribution in [0.15, 0.2) is 18.2 Å². The van der Waals surface area contributed by atoms with Crippen LogP contribution in [-0.4, -0.2) is 24.6 Å². The van der Waals surface area contributed by atoms with Crippen LogP contribution in [0, 0.1) is 10.1 Å². The minimum Gasteiger partial charge on any atom is -0.383 e. The van der Waals surface area contributed by atoms with Gasteiger partial charge in [-0.15, -0.1) is 0 Å². The summed E-state index contributed by atoms with van der Waals surface area (Å²) in [5.41, 5.74) is -0.447. The van der Waals surface area contributed by atoms with E-state index in [0.717, 1.165) is 12.6 Å². The zero-order valence-electron chi connectivity index (χ0n) is 9.95. The summed E-state index contributed by atoms with van der Waals surface area (Å²) in [6.07, 6.45) is -2.74. The quantitative estimate of drug-likeness (QED) is 0.448. The number of halogens is 2. The molecule has 0 heterocycles. The Labute approximate surface area is 103 Å². The molecular weight excluding hydrogens is 244 g/mol. The molecule has 5 nitrogen and oxygen atoms in total. The lowest BCUT2D eigenvalue weighted by Gasteiger charge is -2.11. The van der Waals surface area contributed by atoms with Crippen molar-refractivity contribution in [1.82, 2.24) is 5.32 Å². The Morgan fingerprint density at radius 2 is 2.11 bits per heavy atom. The molecule has 0 atom stereocenters. The molecule has 0 spiro atoms. The molecule has 0 aromatic heterocycles. The highest BCUT2D eigenvalue weighted by molar-refractivity contribution is 5.56. The lowest BCUT2D eigenvalue weighted by Crippen LogP contribution is -2.22. The fourth-order valence-electron chi connectivity index (χ4n) is 1.47. The Kier molecular flexibility index (Phi) is 5.44. The Balaban J connectivity index is 2.80. The predicted molar refractivity (Wildman–Crippen MR) is 65.1 cm³/mol. The highest BCUT2D eigenvalue weighted by Crippen LogP contribution is 2.30. The monoisotopic (exact) mass is 259 g/mol. The standard InChI is InChI=1S/C11H15F2N3O2/c1-2-14-5-6-15-10-4-3-8(16(17)18)7-9(10)11(12)13/h3-4,7,11,14-15H,2,5-6H2,1H3. The molecule has 0 saturated carbocycles. The van der Waals surface area contributed by atoms with Crippen LogP contribution in [0.2, 0.25) is 0 Å². The number of rotatable bonds is 7. The molecule has 2 N–H and O–H groups in total. The average Bonchev–Trinajstić information content (AvgIpc) is 2.34. The number of nitrogens with zero attached hydrogens (tertiary/aromatic N) is 1. The number of hydrogen-bond donors (Lipinski definition) is 2. The van der Waals surface area contributed by atoms with Crippen molar-refractivity contribution in [2.24, 2.45) is 0 Å². The van der Waals surface area contributed by atoms with E-state index in [9.17, 15) is 18.9 Å². The summed E-state index contributed by atoms with van der Waals surface area (Å²) >= 11 is 0. The van der Waals surface area contributed by atoms with Crippen molar-refractivity contribution in [3.05, 3.63) is 33.9 Å². The third-order valence-electron chi connectivity index (χ3n) is 2.35. The molecule has 0 radical (unpaired) electrons. The second kappa shape index (κ2) is 6.85. The van der Waals surface area contributed by atoms with Gasteiger partial charge in [-0.3, -0.25) is 10.1 Å². The lowest BCUT2D eigenvalue weighted by molar-refractivity contribution is -0.385. The van der Waals surface area contributed by atoms with Crippen LogP contribution in [0.25, 0.3) is 0 Å². The van der Waals surface area contributed by atoms with Crippen molar-refractivity contribution in [2.45, 2.75) is 13.3 Å². The van der Waals surface area contributed by atoms with Gasteiger partial charge in [-0.25, -0.2) is 8.78 Å². The molecular formula is C11H15F2N3O2. The summed E-state index contributed by atoms with van der Waals surface area (Å²) in [5, 5.41) is 16.4. The highest BCUT2D eigenvalue weighted by Gasteiger charge is 2.17. The van der Waals surface area contributed by atoms with Crippen molar-refractivity contribution in [1.29, 1.82) is 0 Å². The van der Waals surface area contributed by atoms with Gasteiger partial charge in [-0.1, -0.05) is 6.92 Å². The van der Waals surface area contributed by atoms with E-state index in [1.807, 2.05) is 6.92 Å². The van der Waals surface area contributed by atoms with Gasteiger partial charge in [0.1, 0.15) is 0 Å². The SMILES string of the molecule is CCNCCNc1ccc([N+](=O)[O-])cc1C(F)F. The number of nitro benzene ring substituents is 1. The summed E-state index contributed by atoms with van der Waals surface area (Å²) in [4.78, 5) is 9.83. The van der Waals surface area contributed by atoms with Gasteiger partial charge in [0.15, 0.2) is 0 Å². The molecule has 0 bridgehead atoms. The molecule has 0 aliphatic carbocycles. The molecule has 100 valence electrons. The first kappa shape index (κ1) is 14.3. The van der Waals surface area contributed by atoms with Crippen molar-refractivity contribution in [3.8, 4) is 0 Å². The maximum absolute atomic E-state index is 12.8. The van der Waals surface area contributed by atoms with Gasteiger partial charge >= 0.3 is 0 Å². The Bertz CT molecular complexity index is 413.